The van der Waals surface area contributed by atoms with E-state index in [2.05, 4.69) is 37.4 Å². The van der Waals surface area contributed by atoms with Crippen molar-refractivity contribution >= 4 is 23.5 Å². The molecule has 12 heavy (non-hydrogen) atoms. The Bertz CT molecular complexity index is 64.2. The lowest BCUT2D eigenvalue weighted by atomic mass is 10.4. The molecule has 0 nitrogen and oxygen atoms in total. The minimum absolute atomic E-state index is 1.33. The minimum Gasteiger partial charge on any atom is -0.162 e. The second kappa shape index (κ2) is 11.7. The van der Waals surface area contributed by atoms with Gasteiger partial charge in [0.2, 0.25) is 0 Å². The molecule has 0 bridgehead atoms. The summed E-state index contributed by atoms with van der Waals surface area (Å²) in [5, 5.41) is 0. The van der Waals surface area contributed by atoms with E-state index in [-0.39, 0.29) is 0 Å². The molecule has 0 amide bonds. The van der Waals surface area contributed by atoms with E-state index < -0.39 is 0 Å². The van der Waals surface area contributed by atoms with Crippen molar-refractivity contribution in [2.24, 2.45) is 0 Å². The molecule has 0 unspecified atom stereocenters. The molecular weight excluding hydrogens is 184 g/mol. The second-order valence-corrected chi connectivity index (χ2v) is 5.38. The van der Waals surface area contributed by atoms with Crippen LogP contribution in [0.4, 0.5) is 0 Å². The molecule has 0 saturated carbocycles. The zero-order chi connectivity index (χ0) is 9.07. The van der Waals surface area contributed by atoms with E-state index in [9.17, 15) is 0 Å². The van der Waals surface area contributed by atoms with Crippen molar-refractivity contribution in [1.29, 1.82) is 0 Å². The van der Waals surface area contributed by atoms with E-state index in [1.165, 1.54) is 48.7 Å². The third-order valence-corrected chi connectivity index (χ3v) is 4.00. The highest BCUT2D eigenvalue weighted by Gasteiger charge is 1.90. The molecule has 0 radical (unpaired) electrons. The fraction of sp³-hybridized carbons (Fsp3) is 1.00. The third kappa shape index (κ3) is 10.7. The predicted molar refractivity (Wildman–Crippen MR) is 64.5 cm³/mol. The van der Waals surface area contributed by atoms with Crippen molar-refractivity contribution in [2.75, 3.05) is 23.0 Å². The maximum absolute atomic E-state index is 2.26. The van der Waals surface area contributed by atoms with E-state index in [1.807, 2.05) is 0 Å². The van der Waals surface area contributed by atoms with Crippen LogP contribution in [0.2, 0.25) is 0 Å². The van der Waals surface area contributed by atoms with Crippen LogP contribution in [0.3, 0.4) is 0 Å². The van der Waals surface area contributed by atoms with Gasteiger partial charge in [0.25, 0.3) is 0 Å². The monoisotopic (exact) mass is 206 g/mol. The molecular formula is C10H22S2. The van der Waals surface area contributed by atoms with E-state index >= 15 is 0 Å². The van der Waals surface area contributed by atoms with Crippen LogP contribution < -0.4 is 0 Å². The Morgan fingerprint density at radius 1 is 0.667 bits per heavy atom. The first-order valence-electron chi connectivity index (χ1n) is 5.07. The fourth-order valence-electron chi connectivity index (χ4n) is 0.858. The molecule has 0 aliphatic carbocycles. The Hall–Kier alpha value is 0.700. The van der Waals surface area contributed by atoms with Crippen molar-refractivity contribution in [3.05, 3.63) is 0 Å². The van der Waals surface area contributed by atoms with E-state index in [4.69, 9.17) is 0 Å². The molecule has 0 N–H and O–H groups in total. The SMILES string of the molecule is CCCCSCCCSCCC. The first kappa shape index (κ1) is 12.7. The van der Waals surface area contributed by atoms with Gasteiger partial charge in [-0.15, -0.1) is 0 Å². The van der Waals surface area contributed by atoms with E-state index in [0.29, 0.717) is 0 Å². The van der Waals surface area contributed by atoms with Gasteiger partial charge in [0.1, 0.15) is 0 Å². The molecule has 0 heterocycles. The maximum Gasteiger partial charge on any atom is -0.00597 e. The summed E-state index contributed by atoms with van der Waals surface area (Å²) in [4.78, 5) is 0. The Balaban J connectivity index is 2.73. The lowest BCUT2D eigenvalue weighted by Gasteiger charge is -2.00. The Kier molecular flexibility index (Phi) is 12.4. The third-order valence-electron chi connectivity index (χ3n) is 1.57. The van der Waals surface area contributed by atoms with Crippen molar-refractivity contribution in [2.45, 2.75) is 39.5 Å². The quantitative estimate of drug-likeness (QED) is 0.522. The molecule has 0 aromatic heterocycles. The topological polar surface area (TPSA) is 0 Å². The van der Waals surface area contributed by atoms with E-state index in [1.54, 1.807) is 0 Å². The van der Waals surface area contributed by atoms with Gasteiger partial charge in [0.05, 0.1) is 0 Å². The molecule has 2 heteroatoms. The van der Waals surface area contributed by atoms with Crippen molar-refractivity contribution in [3.8, 4) is 0 Å². The van der Waals surface area contributed by atoms with Gasteiger partial charge in [-0.1, -0.05) is 20.3 Å². The summed E-state index contributed by atoms with van der Waals surface area (Å²) in [6.07, 6.45) is 5.47. The molecule has 0 spiro atoms. The van der Waals surface area contributed by atoms with Crippen molar-refractivity contribution in [1.82, 2.24) is 0 Å². The molecule has 0 rings (SSSR count). The Morgan fingerprint density at radius 3 is 1.83 bits per heavy atom. The highest BCUT2D eigenvalue weighted by molar-refractivity contribution is 8.00. The average molecular weight is 206 g/mol. The molecule has 0 atom stereocenters. The normalized spacial score (nSPS) is 10.5. The van der Waals surface area contributed by atoms with Gasteiger partial charge in [0, 0.05) is 0 Å². The number of rotatable bonds is 9. The van der Waals surface area contributed by atoms with Crippen LogP contribution >= 0.6 is 23.5 Å². The zero-order valence-electron chi connectivity index (χ0n) is 8.47. The van der Waals surface area contributed by atoms with Crippen molar-refractivity contribution in [3.63, 3.8) is 0 Å². The largest absolute Gasteiger partial charge is 0.162 e. The summed E-state index contributed by atoms with van der Waals surface area (Å²) in [5.41, 5.74) is 0. The van der Waals surface area contributed by atoms with Crippen LogP contribution in [0.15, 0.2) is 0 Å². The van der Waals surface area contributed by atoms with E-state index in [0.717, 1.165) is 0 Å². The fourth-order valence-corrected chi connectivity index (χ4v) is 2.93. The van der Waals surface area contributed by atoms with Gasteiger partial charge >= 0.3 is 0 Å². The molecule has 0 fully saturated rings. The van der Waals surface area contributed by atoms with Gasteiger partial charge in [-0.25, -0.2) is 0 Å². The lowest BCUT2D eigenvalue weighted by Crippen LogP contribution is -1.87. The van der Waals surface area contributed by atoms with Crippen LogP contribution in [0, 0.1) is 0 Å². The smallest absolute Gasteiger partial charge is 0.00597 e. The highest BCUT2D eigenvalue weighted by atomic mass is 32.2. The van der Waals surface area contributed by atoms with Crippen molar-refractivity contribution < 1.29 is 0 Å². The first-order valence-corrected chi connectivity index (χ1v) is 7.38. The lowest BCUT2D eigenvalue weighted by molar-refractivity contribution is 0.895. The van der Waals surface area contributed by atoms with Gasteiger partial charge in [0.15, 0.2) is 0 Å². The summed E-state index contributed by atoms with van der Waals surface area (Å²) in [6.45, 7) is 4.51. The molecule has 0 aliphatic heterocycles. The first-order chi connectivity index (χ1) is 5.91. The van der Waals surface area contributed by atoms with Crippen LogP contribution in [-0.2, 0) is 0 Å². The Morgan fingerprint density at radius 2 is 1.25 bits per heavy atom. The maximum atomic E-state index is 2.26. The summed E-state index contributed by atoms with van der Waals surface area (Å²) in [7, 11) is 0. The molecule has 0 aromatic carbocycles. The minimum atomic E-state index is 1.33. The number of hydrogen-bond donors (Lipinski definition) is 0. The highest BCUT2D eigenvalue weighted by Crippen LogP contribution is 2.10. The Labute approximate surface area is 86.3 Å². The number of unbranched alkanes of at least 4 members (excludes halogenated alkanes) is 1. The summed E-state index contributed by atoms with van der Waals surface area (Å²) in [6, 6.07) is 0. The summed E-state index contributed by atoms with van der Waals surface area (Å²) >= 11 is 4.23. The average Bonchev–Trinajstić information content (AvgIpc) is 2.10. The predicted octanol–water partition coefficient (Wildman–Crippen LogP) is 4.05. The molecule has 0 aliphatic rings. The molecule has 0 aromatic rings. The second-order valence-electron chi connectivity index (χ2n) is 2.93. The zero-order valence-corrected chi connectivity index (χ0v) is 10.1. The van der Waals surface area contributed by atoms with Crippen LogP contribution in [0.25, 0.3) is 0 Å². The standard InChI is InChI=1S/C10H22S2/c1-3-5-8-12-10-6-9-11-7-4-2/h3-10H2,1-2H3. The van der Waals surface area contributed by atoms with Crippen LogP contribution in [-0.4, -0.2) is 23.0 Å². The molecule has 0 saturated heterocycles. The van der Waals surface area contributed by atoms with Gasteiger partial charge in [-0.3, -0.25) is 0 Å². The molecule has 74 valence electrons. The van der Waals surface area contributed by atoms with Crippen LogP contribution in [0.5, 0.6) is 0 Å². The van der Waals surface area contributed by atoms with Gasteiger partial charge in [-0.2, -0.15) is 23.5 Å². The van der Waals surface area contributed by atoms with Crippen LogP contribution in [0.1, 0.15) is 39.5 Å². The number of thioether (sulfide) groups is 2. The van der Waals surface area contributed by atoms with Gasteiger partial charge in [-0.05, 0) is 42.3 Å². The summed E-state index contributed by atoms with van der Waals surface area (Å²) in [5.74, 6) is 5.46. The van der Waals surface area contributed by atoms with Gasteiger partial charge < -0.3 is 0 Å². The number of hydrogen-bond acceptors (Lipinski definition) is 2. The summed E-state index contributed by atoms with van der Waals surface area (Å²) < 4.78 is 0.